The third kappa shape index (κ3) is 3.24. The minimum absolute atomic E-state index is 0.803. The molecule has 3 heteroatoms. The van der Waals surface area contributed by atoms with E-state index in [0.29, 0.717) is 0 Å². The smallest absolute Gasteiger partial charge is 0.120 e. The van der Waals surface area contributed by atoms with Gasteiger partial charge < -0.3 is 10.3 Å². The predicted octanol–water partition coefficient (Wildman–Crippen LogP) is 3.50. The Labute approximate surface area is 115 Å². The van der Waals surface area contributed by atoms with E-state index in [-0.39, 0.29) is 0 Å². The summed E-state index contributed by atoms with van der Waals surface area (Å²) in [5.74, 6) is 1.00. The Morgan fingerprint density at radius 2 is 1.84 bits per heavy atom. The number of nitrogens with one attached hydrogen (secondary N) is 2. The van der Waals surface area contributed by atoms with E-state index in [2.05, 4.69) is 55.1 Å². The highest BCUT2D eigenvalue weighted by Gasteiger charge is 2.07. The molecular formula is C16H23N3. The molecule has 0 saturated heterocycles. The first-order chi connectivity index (χ1) is 9.11. The van der Waals surface area contributed by atoms with Crippen LogP contribution in [0.5, 0.6) is 0 Å². The molecule has 0 aliphatic rings. The highest BCUT2D eigenvalue weighted by atomic mass is 15.0. The van der Waals surface area contributed by atoms with Gasteiger partial charge in [-0.2, -0.15) is 0 Å². The van der Waals surface area contributed by atoms with Gasteiger partial charge in [0, 0.05) is 5.56 Å². The second-order valence-electron chi connectivity index (χ2n) is 5.17. The zero-order valence-corrected chi connectivity index (χ0v) is 12.3. The molecule has 0 aliphatic heterocycles. The molecule has 2 rings (SSSR count). The Morgan fingerprint density at radius 1 is 1.11 bits per heavy atom. The van der Waals surface area contributed by atoms with Crippen molar-refractivity contribution in [2.75, 3.05) is 6.54 Å². The normalized spacial score (nSPS) is 10.9. The number of aryl methyl sites for hydroxylation is 3. The fourth-order valence-corrected chi connectivity index (χ4v) is 2.22. The van der Waals surface area contributed by atoms with Crippen LogP contribution in [-0.2, 0) is 6.54 Å². The van der Waals surface area contributed by atoms with Crippen LogP contribution in [0.4, 0.5) is 0 Å². The summed E-state index contributed by atoms with van der Waals surface area (Å²) in [7, 11) is 0. The van der Waals surface area contributed by atoms with E-state index in [1.807, 2.05) is 6.20 Å². The van der Waals surface area contributed by atoms with Gasteiger partial charge in [-0.3, -0.25) is 0 Å². The van der Waals surface area contributed by atoms with E-state index in [1.165, 1.54) is 22.3 Å². The molecule has 102 valence electrons. The Balaban J connectivity index is 2.20. The number of aromatic nitrogens is 2. The molecule has 2 N–H and O–H groups in total. The van der Waals surface area contributed by atoms with Gasteiger partial charge in [-0.25, -0.2) is 4.98 Å². The first-order valence-electron chi connectivity index (χ1n) is 6.94. The number of hydrogen-bond acceptors (Lipinski definition) is 2. The van der Waals surface area contributed by atoms with Gasteiger partial charge in [0.15, 0.2) is 0 Å². The maximum absolute atomic E-state index is 4.44. The quantitative estimate of drug-likeness (QED) is 0.805. The summed E-state index contributed by atoms with van der Waals surface area (Å²) < 4.78 is 0. The Kier molecular flexibility index (Phi) is 4.38. The van der Waals surface area contributed by atoms with Crippen LogP contribution in [0.2, 0.25) is 0 Å². The molecule has 0 radical (unpaired) electrons. The summed E-state index contributed by atoms with van der Waals surface area (Å²) in [6, 6.07) is 4.47. The van der Waals surface area contributed by atoms with Crippen LogP contribution in [0.3, 0.4) is 0 Å². The maximum Gasteiger partial charge on any atom is 0.120 e. The van der Waals surface area contributed by atoms with Gasteiger partial charge in [0.2, 0.25) is 0 Å². The van der Waals surface area contributed by atoms with Crippen LogP contribution in [0.15, 0.2) is 18.3 Å². The van der Waals surface area contributed by atoms with Crippen LogP contribution >= 0.6 is 0 Å². The van der Waals surface area contributed by atoms with E-state index >= 15 is 0 Å². The van der Waals surface area contributed by atoms with Crippen molar-refractivity contribution in [3.05, 3.63) is 40.8 Å². The minimum Gasteiger partial charge on any atom is -0.341 e. The molecule has 0 amide bonds. The lowest BCUT2D eigenvalue weighted by Gasteiger charge is -2.08. The number of imidazole rings is 1. The monoisotopic (exact) mass is 257 g/mol. The Morgan fingerprint density at radius 3 is 2.58 bits per heavy atom. The van der Waals surface area contributed by atoms with E-state index in [4.69, 9.17) is 0 Å². The predicted molar refractivity (Wildman–Crippen MR) is 80.2 cm³/mol. The van der Waals surface area contributed by atoms with Gasteiger partial charge in [0.05, 0.1) is 18.4 Å². The molecule has 0 bridgehead atoms. The molecule has 0 unspecified atom stereocenters. The highest BCUT2D eigenvalue weighted by Crippen LogP contribution is 2.24. The first-order valence-corrected chi connectivity index (χ1v) is 6.94. The van der Waals surface area contributed by atoms with Crippen LogP contribution in [0, 0.1) is 20.8 Å². The number of H-pyrrole nitrogens is 1. The van der Waals surface area contributed by atoms with Gasteiger partial charge in [0.1, 0.15) is 5.82 Å². The second kappa shape index (κ2) is 6.02. The molecule has 0 aliphatic carbocycles. The van der Waals surface area contributed by atoms with Crippen molar-refractivity contribution in [3.8, 4) is 11.3 Å². The standard InChI is InChI=1S/C16H23N3/c1-5-6-17-10-16-18-9-15(19-16)14-8-12(3)11(2)7-13(14)4/h7-9,17H,5-6,10H2,1-4H3,(H,18,19). The summed E-state index contributed by atoms with van der Waals surface area (Å²) in [5, 5.41) is 3.36. The number of aromatic amines is 1. The fraction of sp³-hybridized carbons (Fsp3) is 0.438. The lowest BCUT2D eigenvalue weighted by molar-refractivity contribution is 0.655. The topological polar surface area (TPSA) is 40.7 Å². The summed E-state index contributed by atoms with van der Waals surface area (Å²) in [6.07, 6.45) is 3.07. The van der Waals surface area contributed by atoms with Crippen LogP contribution in [0.1, 0.15) is 35.9 Å². The molecule has 0 saturated carbocycles. The second-order valence-corrected chi connectivity index (χ2v) is 5.17. The van der Waals surface area contributed by atoms with Gasteiger partial charge >= 0.3 is 0 Å². The number of rotatable bonds is 5. The molecule has 1 heterocycles. The van der Waals surface area contributed by atoms with Crippen LogP contribution in [-0.4, -0.2) is 16.5 Å². The summed E-state index contributed by atoms with van der Waals surface area (Å²) in [4.78, 5) is 7.84. The number of hydrogen-bond donors (Lipinski definition) is 2. The Hall–Kier alpha value is -1.61. The summed E-state index contributed by atoms with van der Waals surface area (Å²) in [5.41, 5.74) is 6.30. The van der Waals surface area contributed by atoms with Crippen molar-refractivity contribution in [1.29, 1.82) is 0 Å². The lowest BCUT2D eigenvalue weighted by atomic mass is 9.99. The van der Waals surface area contributed by atoms with E-state index in [1.54, 1.807) is 0 Å². The SMILES string of the molecule is CCCNCc1ncc(-c2cc(C)c(C)cc2C)[nH]1. The molecule has 1 aromatic heterocycles. The van der Waals surface area contributed by atoms with Gasteiger partial charge in [-0.1, -0.05) is 13.0 Å². The average molecular weight is 257 g/mol. The largest absolute Gasteiger partial charge is 0.341 e. The molecular weight excluding hydrogens is 234 g/mol. The third-order valence-corrected chi connectivity index (χ3v) is 3.48. The molecule has 0 atom stereocenters. The summed E-state index contributed by atoms with van der Waals surface area (Å²) in [6.45, 7) is 10.4. The zero-order valence-electron chi connectivity index (χ0n) is 12.3. The molecule has 0 spiro atoms. The van der Waals surface area contributed by atoms with Gasteiger partial charge in [-0.15, -0.1) is 0 Å². The van der Waals surface area contributed by atoms with Crippen molar-refractivity contribution in [1.82, 2.24) is 15.3 Å². The van der Waals surface area contributed by atoms with Gasteiger partial charge in [0.25, 0.3) is 0 Å². The highest BCUT2D eigenvalue weighted by molar-refractivity contribution is 5.64. The lowest BCUT2D eigenvalue weighted by Crippen LogP contribution is -2.14. The number of nitrogens with zero attached hydrogens (tertiary/aromatic N) is 1. The molecule has 1 aromatic carbocycles. The third-order valence-electron chi connectivity index (χ3n) is 3.48. The number of benzene rings is 1. The molecule has 0 fully saturated rings. The van der Waals surface area contributed by atoms with E-state index < -0.39 is 0 Å². The molecule has 19 heavy (non-hydrogen) atoms. The van der Waals surface area contributed by atoms with Crippen molar-refractivity contribution >= 4 is 0 Å². The Bertz CT molecular complexity index is 555. The van der Waals surface area contributed by atoms with Crippen molar-refractivity contribution in [3.63, 3.8) is 0 Å². The van der Waals surface area contributed by atoms with Crippen molar-refractivity contribution < 1.29 is 0 Å². The van der Waals surface area contributed by atoms with E-state index in [0.717, 1.165) is 31.0 Å². The van der Waals surface area contributed by atoms with Crippen LogP contribution < -0.4 is 5.32 Å². The maximum atomic E-state index is 4.44. The van der Waals surface area contributed by atoms with Gasteiger partial charge in [-0.05, 0) is 56.5 Å². The van der Waals surface area contributed by atoms with Crippen molar-refractivity contribution in [2.24, 2.45) is 0 Å². The molecule has 3 nitrogen and oxygen atoms in total. The minimum atomic E-state index is 0.803. The van der Waals surface area contributed by atoms with E-state index in [9.17, 15) is 0 Å². The first kappa shape index (κ1) is 13.8. The average Bonchev–Trinajstić information content (AvgIpc) is 2.83. The summed E-state index contributed by atoms with van der Waals surface area (Å²) >= 11 is 0. The molecule has 2 aromatic rings. The van der Waals surface area contributed by atoms with Crippen LogP contribution in [0.25, 0.3) is 11.3 Å². The zero-order chi connectivity index (χ0) is 13.8. The fourth-order valence-electron chi connectivity index (χ4n) is 2.22. The van der Waals surface area contributed by atoms with Crippen molar-refractivity contribution in [2.45, 2.75) is 40.7 Å².